The van der Waals surface area contributed by atoms with Crippen LogP contribution in [-0.2, 0) is 0 Å². The summed E-state index contributed by atoms with van der Waals surface area (Å²) in [6.07, 6.45) is 0. The third-order valence-corrected chi connectivity index (χ3v) is 4.49. The van der Waals surface area contributed by atoms with Gasteiger partial charge in [0.15, 0.2) is 0 Å². The second-order valence-electron chi connectivity index (χ2n) is 4.29. The van der Waals surface area contributed by atoms with Crippen LogP contribution in [-0.4, -0.2) is 11.0 Å². The van der Waals surface area contributed by atoms with Crippen molar-refractivity contribution >= 4 is 48.9 Å². The van der Waals surface area contributed by atoms with Crippen LogP contribution in [0.15, 0.2) is 52.3 Å². The molecule has 0 aliphatic rings. The van der Waals surface area contributed by atoms with Gasteiger partial charge in [-0.05, 0) is 69.2 Å². The number of thiophene rings is 1. The Kier molecular flexibility index (Phi) is 3.46. The van der Waals surface area contributed by atoms with E-state index in [-0.39, 0.29) is 11.7 Å². The summed E-state index contributed by atoms with van der Waals surface area (Å²) >= 11 is 4.85. The number of carbonyl (C=O) groups is 1. The van der Waals surface area contributed by atoms with E-state index in [9.17, 15) is 9.90 Å². The fourth-order valence-corrected chi connectivity index (χ4v) is 2.92. The maximum atomic E-state index is 12.1. The minimum atomic E-state index is -0.248. The molecule has 3 nitrogen and oxygen atoms in total. The van der Waals surface area contributed by atoms with Gasteiger partial charge in [0.05, 0.1) is 4.47 Å². The molecule has 0 atom stereocenters. The number of anilines is 1. The largest absolute Gasteiger partial charge is 0.507 e. The van der Waals surface area contributed by atoms with Gasteiger partial charge in [-0.2, -0.15) is 0 Å². The first-order chi connectivity index (χ1) is 9.63. The minimum Gasteiger partial charge on any atom is -0.507 e. The Bertz CT molecular complexity index is 797. The lowest BCUT2D eigenvalue weighted by Crippen LogP contribution is -2.11. The number of carbonyl (C=O) groups excluding carboxylic acids is 1. The van der Waals surface area contributed by atoms with Gasteiger partial charge in [-0.15, -0.1) is 11.3 Å². The average Bonchev–Trinajstić information content (AvgIpc) is 2.89. The maximum absolute atomic E-state index is 12.1. The van der Waals surface area contributed by atoms with E-state index in [4.69, 9.17) is 0 Å². The van der Waals surface area contributed by atoms with Crippen LogP contribution in [0, 0.1) is 0 Å². The van der Waals surface area contributed by atoms with Crippen LogP contribution in [0.4, 0.5) is 5.69 Å². The number of rotatable bonds is 2. The van der Waals surface area contributed by atoms with Gasteiger partial charge in [0.1, 0.15) is 5.75 Å². The van der Waals surface area contributed by atoms with Gasteiger partial charge in [-0.25, -0.2) is 0 Å². The number of halogens is 1. The van der Waals surface area contributed by atoms with Gasteiger partial charge >= 0.3 is 0 Å². The van der Waals surface area contributed by atoms with Gasteiger partial charge in [0.25, 0.3) is 5.91 Å². The van der Waals surface area contributed by atoms with Gasteiger partial charge in [0, 0.05) is 16.0 Å². The van der Waals surface area contributed by atoms with E-state index in [1.165, 1.54) is 10.8 Å². The normalized spacial score (nSPS) is 10.7. The molecule has 0 saturated heterocycles. The van der Waals surface area contributed by atoms with Crippen molar-refractivity contribution in [1.29, 1.82) is 0 Å². The molecule has 1 amide bonds. The molecule has 0 fully saturated rings. The Morgan fingerprint density at radius 2 is 2.00 bits per heavy atom. The summed E-state index contributed by atoms with van der Waals surface area (Å²) in [5.41, 5.74) is 1.15. The molecular formula is C15H10BrNO2S. The quantitative estimate of drug-likeness (QED) is 0.710. The number of aromatic hydroxyl groups is 1. The van der Waals surface area contributed by atoms with Gasteiger partial charge < -0.3 is 10.4 Å². The molecule has 0 spiro atoms. The molecule has 2 N–H and O–H groups in total. The Morgan fingerprint density at radius 3 is 2.80 bits per heavy atom. The molecule has 0 saturated carbocycles. The van der Waals surface area contributed by atoms with E-state index in [0.717, 1.165) is 11.1 Å². The smallest absolute Gasteiger partial charge is 0.255 e. The second kappa shape index (κ2) is 5.26. The Labute approximate surface area is 128 Å². The van der Waals surface area contributed by atoms with E-state index in [2.05, 4.69) is 21.2 Å². The van der Waals surface area contributed by atoms with Crippen molar-refractivity contribution in [3.8, 4) is 5.75 Å². The number of benzene rings is 2. The van der Waals surface area contributed by atoms with Crippen LogP contribution < -0.4 is 5.32 Å². The summed E-state index contributed by atoms with van der Waals surface area (Å²) in [6, 6.07) is 12.5. The maximum Gasteiger partial charge on any atom is 0.255 e. The first-order valence-corrected chi connectivity index (χ1v) is 7.58. The van der Waals surface area contributed by atoms with E-state index in [1.54, 1.807) is 23.5 Å². The van der Waals surface area contributed by atoms with Crippen molar-refractivity contribution in [2.45, 2.75) is 0 Å². The fraction of sp³-hybridized carbons (Fsp3) is 0. The van der Waals surface area contributed by atoms with Crippen molar-refractivity contribution < 1.29 is 9.90 Å². The molecule has 0 unspecified atom stereocenters. The molecule has 3 aromatic rings. The Hall–Kier alpha value is -1.85. The molecule has 3 rings (SSSR count). The number of hydrogen-bond acceptors (Lipinski definition) is 3. The topological polar surface area (TPSA) is 49.3 Å². The zero-order chi connectivity index (χ0) is 14.1. The lowest BCUT2D eigenvalue weighted by Gasteiger charge is -2.06. The number of nitrogens with one attached hydrogen (secondary N) is 1. The highest BCUT2D eigenvalue weighted by atomic mass is 79.9. The van der Waals surface area contributed by atoms with Crippen molar-refractivity contribution in [2.75, 3.05) is 5.32 Å². The summed E-state index contributed by atoms with van der Waals surface area (Å²) in [6.45, 7) is 0. The Morgan fingerprint density at radius 1 is 1.15 bits per heavy atom. The Balaban J connectivity index is 1.85. The fourth-order valence-electron chi connectivity index (χ4n) is 1.90. The number of phenols is 1. The molecule has 2 aromatic carbocycles. The number of hydrogen-bond donors (Lipinski definition) is 2. The van der Waals surface area contributed by atoms with Crippen LogP contribution in [0.1, 0.15) is 10.4 Å². The summed E-state index contributed by atoms with van der Waals surface area (Å²) in [5, 5.41) is 15.5. The minimum absolute atomic E-state index is 0.0472. The molecular weight excluding hydrogens is 338 g/mol. The number of amides is 1. The molecule has 1 aromatic heterocycles. The van der Waals surface area contributed by atoms with Crippen LogP contribution in [0.5, 0.6) is 5.75 Å². The first kappa shape index (κ1) is 13.1. The zero-order valence-corrected chi connectivity index (χ0v) is 12.7. The molecule has 20 heavy (non-hydrogen) atoms. The summed E-state index contributed by atoms with van der Waals surface area (Å²) in [7, 11) is 0. The van der Waals surface area contributed by atoms with Crippen LogP contribution in [0.3, 0.4) is 0 Å². The molecule has 1 heterocycles. The molecule has 0 radical (unpaired) electrons. The number of phenolic OH excluding ortho intramolecular Hbond substituents is 1. The van der Waals surface area contributed by atoms with Crippen molar-refractivity contribution in [1.82, 2.24) is 0 Å². The highest BCUT2D eigenvalue weighted by molar-refractivity contribution is 9.10. The summed E-state index contributed by atoms with van der Waals surface area (Å²) < 4.78 is 1.75. The highest BCUT2D eigenvalue weighted by Gasteiger charge is 2.09. The van der Waals surface area contributed by atoms with E-state index >= 15 is 0 Å². The molecule has 0 aliphatic carbocycles. The lowest BCUT2D eigenvalue weighted by molar-refractivity contribution is 0.102. The van der Waals surface area contributed by atoms with Crippen molar-refractivity contribution in [2.24, 2.45) is 0 Å². The predicted octanol–water partition coefficient (Wildman–Crippen LogP) is 4.62. The summed E-state index contributed by atoms with van der Waals surface area (Å²) in [4.78, 5) is 12.1. The number of fused-ring (bicyclic) bond motifs is 1. The van der Waals surface area contributed by atoms with E-state index in [0.29, 0.717) is 10.0 Å². The monoisotopic (exact) mass is 347 g/mol. The van der Waals surface area contributed by atoms with Gasteiger partial charge in [-0.3, -0.25) is 4.79 Å². The standard InChI is InChI=1S/C15H10BrNO2S/c16-12-3-1-10(8-13(12)18)15(19)17-11-2-4-14-9(7-11)5-6-20-14/h1-8,18H,(H,17,19). The summed E-state index contributed by atoms with van der Waals surface area (Å²) in [5.74, 6) is -0.201. The molecule has 5 heteroatoms. The zero-order valence-electron chi connectivity index (χ0n) is 10.3. The molecule has 0 bridgehead atoms. The third-order valence-electron chi connectivity index (χ3n) is 2.92. The molecule has 0 aliphatic heterocycles. The molecule has 100 valence electrons. The van der Waals surface area contributed by atoms with Gasteiger partial charge in [0.2, 0.25) is 0 Å². The SMILES string of the molecule is O=C(Nc1ccc2sccc2c1)c1ccc(Br)c(O)c1. The van der Waals surface area contributed by atoms with Crippen molar-refractivity contribution in [3.63, 3.8) is 0 Å². The third kappa shape index (κ3) is 2.55. The lowest BCUT2D eigenvalue weighted by atomic mass is 10.2. The van der Waals surface area contributed by atoms with Gasteiger partial charge in [-0.1, -0.05) is 0 Å². The first-order valence-electron chi connectivity index (χ1n) is 5.90. The van der Waals surface area contributed by atoms with Crippen LogP contribution in [0.2, 0.25) is 0 Å². The van der Waals surface area contributed by atoms with Crippen molar-refractivity contribution in [3.05, 3.63) is 57.9 Å². The van der Waals surface area contributed by atoms with E-state index < -0.39 is 0 Å². The van der Waals surface area contributed by atoms with Crippen LogP contribution in [0.25, 0.3) is 10.1 Å². The predicted molar refractivity (Wildman–Crippen MR) is 85.6 cm³/mol. The van der Waals surface area contributed by atoms with E-state index in [1.807, 2.05) is 29.6 Å². The van der Waals surface area contributed by atoms with Crippen LogP contribution >= 0.6 is 27.3 Å². The highest BCUT2D eigenvalue weighted by Crippen LogP contribution is 2.26. The second-order valence-corrected chi connectivity index (χ2v) is 6.10. The average molecular weight is 348 g/mol.